The Morgan fingerprint density at radius 1 is 0.574 bits per heavy atom. The molecular weight excluding hydrogens is 741 g/mol. The molecule has 0 aliphatic heterocycles. The molecule has 0 radical (unpaired) electrons. The van der Waals surface area contributed by atoms with E-state index in [1.165, 1.54) is 0 Å². The molecule has 0 aliphatic rings. The van der Waals surface area contributed by atoms with Gasteiger partial charge in [-0.15, -0.1) is 10.2 Å². The fourth-order valence-electron chi connectivity index (χ4n) is 3.17. The van der Waals surface area contributed by atoms with Gasteiger partial charge in [0.15, 0.2) is 0 Å². The summed E-state index contributed by atoms with van der Waals surface area (Å²) in [4.78, 5) is 0. The quantitative estimate of drug-likeness (QED) is 0.148. The van der Waals surface area contributed by atoms with Crippen LogP contribution in [0.2, 0.25) is 0 Å². The number of halogens is 17. The van der Waals surface area contributed by atoms with E-state index in [0.717, 1.165) is 23.5 Å². The van der Waals surface area contributed by atoms with Gasteiger partial charge in [0.1, 0.15) is 10.8 Å². The molecule has 0 saturated carbocycles. The van der Waals surface area contributed by atoms with E-state index in [2.05, 4.69) is 19.7 Å². The van der Waals surface area contributed by atoms with Crippen molar-refractivity contribution in [3.63, 3.8) is 0 Å². The molecule has 1 heterocycles. The van der Waals surface area contributed by atoms with Crippen LogP contribution in [0.15, 0.2) is 54.6 Å². The Kier molecular flexibility index (Phi) is 9.26. The number of rotatable bonds is 12. The first-order valence-electron chi connectivity index (χ1n) is 11.4. The van der Waals surface area contributed by atoms with Crippen LogP contribution < -0.4 is 9.50 Å². The molecule has 6 nitrogen and oxygen atoms in total. The Hall–Kier alpha value is -3.64. The first kappa shape index (κ1) is 37.8. The molecule has 0 amide bonds. The minimum absolute atomic E-state index is 0.0181. The summed E-state index contributed by atoms with van der Waals surface area (Å²) in [5.74, 6) is -53.6. The van der Waals surface area contributed by atoms with Crippen molar-refractivity contribution in [3.05, 3.63) is 54.6 Å². The second-order valence-corrected chi connectivity index (χ2v) is 11.5. The summed E-state index contributed by atoms with van der Waals surface area (Å²) in [6.07, 6.45) is -7.91. The fourth-order valence-corrected chi connectivity index (χ4v) is 4.85. The number of hydrogen-bond donors (Lipinski definition) is 1. The van der Waals surface area contributed by atoms with E-state index in [1.807, 2.05) is 0 Å². The second-order valence-electron chi connectivity index (χ2n) is 8.93. The molecule has 262 valence electrons. The number of benzene rings is 2. The lowest BCUT2D eigenvalue weighted by molar-refractivity contribution is -0.458. The number of nitrogens with one attached hydrogen (secondary N) is 1. The normalized spacial score (nSPS) is 14.7. The van der Waals surface area contributed by atoms with E-state index in [0.29, 0.717) is 17.8 Å². The van der Waals surface area contributed by atoms with Crippen molar-refractivity contribution in [1.29, 1.82) is 0 Å². The van der Waals surface area contributed by atoms with Gasteiger partial charge in [-0.25, -0.2) is 0 Å². The number of anilines is 2. The third kappa shape index (κ3) is 5.88. The van der Waals surface area contributed by atoms with Crippen LogP contribution in [-0.4, -0.2) is 65.6 Å². The van der Waals surface area contributed by atoms with E-state index in [-0.39, 0.29) is 15.7 Å². The molecule has 0 atom stereocenters. The van der Waals surface area contributed by atoms with Crippen LogP contribution in [0.3, 0.4) is 0 Å². The zero-order valence-electron chi connectivity index (χ0n) is 21.6. The summed E-state index contributed by atoms with van der Waals surface area (Å²) >= 11 is 0.829. The average molecular weight is 751 g/mol. The fraction of sp³-hybridized carbons (Fsp3) is 0.364. The van der Waals surface area contributed by atoms with Gasteiger partial charge < -0.3 is 9.50 Å². The van der Waals surface area contributed by atoms with Gasteiger partial charge in [-0.2, -0.15) is 83.1 Å². The third-order valence-corrected chi connectivity index (χ3v) is 7.95. The van der Waals surface area contributed by atoms with Crippen molar-refractivity contribution in [2.24, 2.45) is 0 Å². The largest absolute Gasteiger partial charge is 0.460 e. The van der Waals surface area contributed by atoms with Gasteiger partial charge in [-0.05, 0) is 36.4 Å². The van der Waals surface area contributed by atoms with Crippen LogP contribution >= 0.6 is 11.3 Å². The van der Waals surface area contributed by atoms with E-state index in [1.54, 1.807) is 30.3 Å². The molecular formula is C22H10F17N3O3S2. The van der Waals surface area contributed by atoms with E-state index >= 15 is 0 Å². The molecule has 1 N–H and O–H groups in total. The second kappa shape index (κ2) is 11.5. The molecule has 0 saturated heterocycles. The molecule has 25 heteroatoms. The molecule has 0 unspecified atom stereocenters. The first-order chi connectivity index (χ1) is 21.0. The Bertz CT molecular complexity index is 1680. The summed E-state index contributed by atoms with van der Waals surface area (Å²) in [5, 5.41) is 2.68. The highest BCUT2D eigenvalue weighted by atomic mass is 32.2. The Balaban J connectivity index is 1.90. The number of hydrogen-bond acceptors (Lipinski definition) is 7. The molecule has 2 aromatic carbocycles. The lowest BCUT2D eigenvalue weighted by atomic mass is 9.91. The van der Waals surface area contributed by atoms with Gasteiger partial charge in [-0.1, -0.05) is 29.5 Å². The lowest BCUT2D eigenvalue weighted by Gasteiger charge is -2.42. The molecule has 0 bridgehead atoms. The lowest BCUT2D eigenvalue weighted by Crippen LogP contribution is -2.75. The summed E-state index contributed by atoms with van der Waals surface area (Å²) in [5.41, 5.74) is 0.525. The van der Waals surface area contributed by atoms with Crippen molar-refractivity contribution >= 4 is 32.3 Å². The molecule has 47 heavy (non-hydrogen) atoms. The standard InChI is InChI=1S/C22H10F17N3O3S2/c23-15(24,17(27,28)19(31,32)21(35,36)37)16(25,26)18(29,30)20(33,34)22(38,39)47(43,44)45-12-8-6-10(7-9-12)13-41-42-14(46-13)40-11-4-2-1-3-5-11/h1-9H,(H,40,42). The molecule has 1 aromatic heterocycles. The van der Waals surface area contributed by atoms with Gasteiger partial charge in [0.2, 0.25) is 5.13 Å². The van der Waals surface area contributed by atoms with Crippen LogP contribution in [0.1, 0.15) is 0 Å². The number of para-hydroxylation sites is 1. The smallest absolute Gasteiger partial charge is 0.378 e. The minimum Gasteiger partial charge on any atom is -0.378 e. The van der Waals surface area contributed by atoms with Crippen LogP contribution in [-0.2, 0) is 10.1 Å². The zero-order chi connectivity index (χ0) is 36.3. The van der Waals surface area contributed by atoms with Gasteiger partial charge in [0, 0.05) is 11.3 Å². The number of nitrogens with zero attached hydrogens (tertiary/aromatic N) is 2. The first-order valence-corrected chi connectivity index (χ1v) is 13.6. The Labute approximate surface area is 253 Å². The summed E-state index contributed by atoms with van der Waals surface area (Å²) in [6, 6.07) is 10.5. The average Bonchev–Trinajstić information content (AvgIpc) is 3.40. The number of aromatic nitrogens is 2. The van der Waals surface area contributed by atoms with Crippen LogP contribution in [0, 0.1) is 0 Å². The molecule has 0 aliphatic carbocycles. The van der Waals surface area contributed by atoms with Gasteiger partial charge in [0.05, 0.1) is 0 Å². The van der Waals surface area contributed by atoms with Gasteiger partial charge in [-0.3, -0.25) is 0 Å². The van der Waals surface area contributed by atoms with Gasteiger partial charge in [0.25, 0.3) is 0 Å². The highest BCUT2D eigenvalue weighted by molar-refractivity contribution is 7.88. The predicted octanol–water partition coefficient (Wildman–Crippen LogP) is 8.62. The monoisotopic (exact) mass is 751 g/mol. The molecule has 3 rings (SSSR count). The van der Waals surface area contributed by atoms with Crippen molar-refractivity contribution in [1.82, 2.24) is 10.2 Å². The Morgan fingerprint density at radius 3 is 1.49 bits per heavy atom. The van der Waals surface area contributed by atoms with E-state index < -0.39 is 62.8 Å². The van der Waals surface area contributed by atoms with Crippen molar-refractivity contribution in [2.75, 3.05) is 5.32 Å². The maximum absolute atomic E-state index is 14.3. The van der Waals surface area contributed by atoms with Crippen molar-refractivity contribution in [2.45, 2.75) is 47.0 Å². The molecule has 0 spiro atoms. The van der Waals surface area contributed by atoms with Crippen LogP contribution in [0.25, 0.3) is 10.6 Å². The zero-order valence-corrected chi connectivity index (χ0v) is 23.2. The van der Waals surface area contributed by atoms with Crippen molar-refractivity contribution < 1.29 is 87.2 Å². The third-order valence-electron chi connectivity index (χ3n) is 5.76. The summed E-state index contributed by atoms with van der Waals surface area (Å²) in [7, 11) is -7.75. The summed E-state index contributed by atoms with van der Waals surface area (Å²) < 4.78 is 256. The highest BCUT2D eigenvalue weighted by Crippen LogP contribution is 2.64. The van der Waals surface area contributed by atoms with Crippen molar-refractivity contribution in [3.8, 4) is 16.3 Å². The predicted molar refractivity (Wildman–Crippen MR) is 125 cm³/mol. The summed E-state index contributed by atoms with van der Waals surface area (Å²) in [6.45, 7) is 0. The maximum atomic E-state index is 14.3. The maximum Gasteiger partial charge on any atom is 0.460 e. The Morgan fingerprint density at radius 2 is 1.02 bits per heavy atom. The topological polar surface area (TPSA) is 81.2 Å². The number of alkyl halides is 17. The molecule has 3 aromatic rings. The minimum atomic E-state index is -8.93. The van der Waals surface area contributed by atoms with Crippen LogP contribution in [0.4, 0.5) is 85.5 Å². The van der Waals surface area contributed by atoms with Gasteiger partial charge >= 0.3 is 57.1 Å². The highest BCUT2D eigenvalue weighted by Gasteiger charge is 2.96. The molecule has 0 fully saturated rings. The van der Waals surface area contributed by atoms with Crippen LogP contribution in [0.5, 0.6) is 5.75 Å². The van der Waals surface area contributed by atoms with E-state index in [9.17, 15) is 83.1 Å². The SMILES string of the molecule is O=S(=O)(Oc1ccc(-c2nnc(Nc3ccccc3)s2)cc1)C(F)(F)C(F)(F)C(F)(F)C(F)(F)C(F)(F)C(F)(F)C(F)(F)C(F)(F)F. The van der Waals surface area contributed by atoms with E-state index in [4.69, 9.17) is 0 Å².